The molecule has 3 rings (SSSR count). The van der Waals surface area contributed by atoms with Gasteiger partial charge in [-0.05, 0) is 31.5 Å². The van der Waals surface area contributed by atoms with E-state index in [0.29, 0.717) is 22.1 Å². The summed E-state index contributed by atoms with van der Waals surface area (Å²) < 4.78 is 3.19. The third-order valence-corrected chi connectivity index (χ3v) is 3.35. The molecule has 2 heterocycles. The average molecular weight is 255 g/mol. The number of aryl methyl sites for hydroxylation is 2. The summed E-state index contributed by atoms with van der Waals surface area (Å²) in [6.07, 6.45) is 1.62. The molecule has 96 valence electrons. The van der Waals surface area contributed by atoms with E-state index in [1.54, 1.807) is 40.5 Å². The van der Waals surface area contributed by atoms with E-state index in [1.807, 2.05) is 6.92 Å². The number of benzene rings is 1. The van der Waals surface area contributed by atoms with Crippen molar-refractivity contribution in [1.29, 1.82) is 0 Å². The summed E-state index contributed by atoms with van der Waals surface area (Å²) in [6.45, 7) is 3.37. The molecule has 0 N–H and O–H groups in total. The number of hydrogen-bond acceptors (Lipinski definition) is 3. The second-order valence-corrected chi connectivity index (χ2v) is 4.73. The Bertz CT molecular complexity index is 887. The van der Waals surface area contributed by atoms with Gasteiger partial charge in [-0.2, -0.15) is 5.10 Å². The number of ketones is 1. The second-order valence-electron chi connectivity index (χ2n) is 4.73. The molecule has 0 aliphatic rings. The molecule has 0 atom stereocenters. The van der Waals surface area contributed by atoms with Gasteiger partial charge in [0.15, 0.2) is 5.78 Å². The molecular formula is C14H13N3O2. The predicted molar refractivity (Wildman–Crippen MR) is 72.7 cm³/mol. The van der Waals surface area contributed by atoms with Gasteiger partial charge in [-0.3, -0.25) is 14.2 Å². The van der Waals surface area contributed by atoms with Crippen LogP contribution in [0.1, 0.15) is 22.8 Å². The van der Waals surface area contributed by atoms with E-state index in [2.05, 4.69) is 5.10 Å². The highest BCUT2D eigenvalue weighted by Crippen LogP contribution is 2.20. The van der Waals surface area contributed by atoms with Crippen LogP contribution in [0.15, 0.2) is 29.2 Å². The zero-order chi connectivity index (χ0) is 13.7. The van der Waals surface area contributed by atoms with Crippen molar-refractivity contribution in [2.45, 2.75) is 13.8 Å². The van der Waals surface area contributed by atoms with Crippen molar-refractivity contribution in [2.24, 2.45) is 7.05 Å². The number of Topliss-reactive ketones (excluding diaryl/α,β-unsaturated/α-hetero) is 1. The van der Waals surface area contributed by atoms with E-state index >= 15 is 0 Å². The van der Waals surface area contributed by atoms with Crippen LogP contribution in [0.25, 0.3) is 16.6 Å². The van der Waals surface area contributed by atoms with Gasteiger partial charge >= 0.3 is 0 Å². The minimum absolute atomic E-state index is 0.0706. The normalized spacial score (nSPS) is 11.3. The van der Waals surface area contributed by atoms with Gasteiger partial charge in [0.2, 0.25) is 0 Å². The zero-order valence-electron chi connectivity index (χ0n) is 11.0. The highest BCUT2D eigenvalue weighted by atomic mass is 16.1. The molecule has 0 spiro atoms. The maximum absolute atomic E-state index is 12.4. The molecule has 0 fully saturated rings. The number of carbonyl (C=O) groups is 1. The van der Waals surface area contributed by atoms with Gasteiger partial charge < -0.3 is 0 Å². The van der Waals surface area contributed by atoms with Gasteiger partial charge in [-0.15, -0.1) is 0 Å². The van der Waals surface area contributed by atoms with Crippen molar-refractivity contribution in [3.63, 3.8) is 0 Å². The zero-order valence-corrected chi connectivity index (χ0v) is 11.0. The van der Waals surface area contributed by atoms with E-state index in [4.69, 9.17) is 0 Å². The Morgan fingerprint density at radius 1 is 1.32 bits per heavy atom. The molecule has 0 radical (unpaired) electrons. The third-order valence-electron chi connectivity index (χ3n) is 3.35. The van der Waals surface area contributed by atoms with Gasteiger partial charge in [0.25, 0.3) is 5.56 Å². The monoisotopic (exact) mass is 255 g/mol. The molecule has 5 nitrogen and oxygen atoms in total. The molecule has 0 bridgehead atoms. The van der Waals surface area contributed by atoms with Crippen LogP contribution in [-0.2, 0) is 7.05 Å². The Morgan fingerprint density at radius 3 is 2.74 bits per heavy atom. The van der Waals surface area contributed by atoms with E-state index < -0.39 is 0 Å². The lowest BCUT2D eigenvalue weighted by atomic mass is 10.0. The molecule has 1 aromatic carbocycles. The molecule has 0 saturated heterocycles. The van der Waals surface area contributed by atoms with Crippen LogP contribution in [0.5, 0.6) is 0 Å². The molecule has 19 heavy (non-hydrogen) atoms. The van der Waals surface area contributed by atoms with Crippen LogP contribution < -0.4 is 5.56 Å². The Balaban J connectivity index is 2.73. The van der Waals surface area contributed by atoms with Gasteiger partial charge in [0.05, 0.1) is 17.1 Å². The number of nitrogens with zero attached hydrogens (tertiary/aromatic N) is 3. The molecule has 3 aromatic rings. The maximum Gasteiger partial charge on any atom is 0.261 e. The highest BCUT2D eigenvalue weighted by Gasteiger charge is 2.15. The summed E-state index contributed by atoms with van der Waals surface area (Å²) in [5, 5.41) is 4.74. The highest BCUT2D eigenvalue weighted by molar-refractivity contribution is 6.06. The topological polar surface area (TPSA) is 56.4 Å². The average Bonchev–Trinajstić information content (AvgIpc) is 2.84. The summed E-state index contributed by atoms with van der Waals surface area (Å²) in [7, 11) is 1.70. The summed E-state index contributed by atoms with van der Waals surface area (Å²) in [6, 6.07) is 5.35. The Labute approximate surface area is 109 Å². The van der Waals surface area contributed by atoms with E-state index in [0.717, 1.165) is 5.56 Å². The smallest absolute Gasteiger partial charge is 0.261 e. The first-order valence-electron chi connectivity index (χ1n) is 5.98. The molecule has 0 aliphatic carbocycles. The first-order chi connectivity index (χ1) is 9.00. The number of rotatable bonds is 1. The Kier molecular flexibility index (Phi) is 2.32. The molecule has 5 heteroatoms. The van der Waals surface area contributed by atoms with Crippen LogP contribution in [0.4, 0.5) is 0 Å². The standard InChI is InChI=1S/C14H13N3O2/c1-8-6-10(9(2)18)13-11(7-8)14(19)16(3)12-4-5-15-17(12)13/h4-7H,1-3H3. The number of carbonyl (C=O) groups excluding carboxylic acids is 1. The number of hydrogen-bond donors (Lipinski definition) is 0. The van der Waals surface area contributed by atoms with Crippen molar-refractivity contribution in [1.82, 2.24) is 14.2 Å². The summed E-state index contributed by atoms with van der Waals surface area (Å²) in [5.41, 5.74) is 2.56. The van der Waals surface area contributed by atoms with Crippen LogP contribution in [0, 0.1) is 6.92 Å². The lowest BCUT2D eigenvalue weighted by molar-refractivity contribution is 0.101. The predicted octanol–water partition coefficient (Wildman–Crippen LogP) is 1.70. The molecular weight excluding hydrogens is 242 g/mol. The van der Waals surface area contributed by atoms with Crippen LogP contribution in [-0.4, -0.2) is 20.0 Å². The van der Waals surface area contributed by atoms with Crippen molar-refractivity contribution in [3.8, 4) is 0 Å². The van der Waals surface area contributed by atoms with Crippen LogP contribution >= 0.6 is 0 Å². The van der Waals surface area contributed by atoms with Gasteiger partial charge in [0, 0.05) is 18.7 Å². The number of fused-ring (bicyclic) bond motifs is 3. The van der Waals surface area contributed by atoms with E-state index in [-0.39, 0.29) is 11.3 Å². The fourth-order valence-corrected chi connectivity index (χ4v) is 2.45. The van der Waals surface area contributed by atoms with Crippen molar-refractivity contribution >= 4 is 22.3 Å². The maximum atomic E-state index is 12.4. The van der Waals surface area contributed by atoms with Gasteiger partial charge in [-0.1, -0.05) is 0 Å². The first kappa shape index (κ1) is 11.6. The SMILES string of the molecule is CC(=O)c1cc(C)cc2c(=O)n(C)c3ccnn3c12. The van der Waals surface area contributed by atoms with Crippen LogP contribution in [0.3, 0.4) is 0 Å². The first-order valence-corrected chi connectivity index (χ1v) is 5.98. The largest absolute Gasteiger partial charge is 0.296 e. The summed E-state index contributed by atoms with van der Waals surface area (Å²) >= 11 is 0. The molecule has 0 saturated carbocycles. The summed E-state index contributed by atoms with van der Waals surface area (Å²) in [4.78, 5) is 24.2. The summed E-state index contributed by atoms with van der Waals surface area (Å²) in [5.74, 6) is -0.0706. The van der Waals surface area contributed by atoms with Crippen molar-refractivity contribution < 1.29 is 4.79 Å². The quantitative estimate of drug-likeness (QED) is 0.622. The lowest BCUT2D eigenvalue weighted by Crippen LogP contribution is -2.21. The fourth-order valence-electron chi connectivity index (χ4n) is 2.45. The van der Waals surface area contributed by atoms with Crippen molar-refractivity contribution in [2.75, 3.05) is 0 Å². The Hall–Kier alpha value is -2.43. The van der Waals surface area contributed by atoms with Gasteiger partial charge in [0.1, 0.15) is 5.65 Å². The van der Waals surface area contributed by atoms with Gasteiger partial charge in [-0.25, -0.2) is 4.52 Å². The minimum Gasteiger partial charge on any atom is -0.296 e. The van der Waals surface area contributed by atoms with E-state index in [1.165, 1.54) is 6.92 Å². The molecule has 0 aliphatic heterocycles. The minimum atomic E-state index is -0.116. The van der Waals surface area contributed by atoms with Crippen molar-refractivity contribution in [3.05, 3.63) is 45.9 Å². The Morgan fingerprint density at radius 2 is 2.05 bits per heavy atom. The van der Waals surface area contributed by atoms with E-state index in [9.17, 15) is 9.59 Å². The third kappa shape index (κ3) is 1.51. The molecule has 2 aromatic heterocycles. The molecule has 0 unspecified atom stereocenters. The number of aromatic nitrogens is 3. The van der Waals surface area contributed by atoms with Crippen LogP contribution in [0.2, 0.25) is 0 Å². The molecule has 0 amide bonds. The second kappa shape index (κ2) is 3.78. The fraction of sp³-hybridized carbons (Fsp3) is 0.214. The lowest BCUT2D eigenvalue weighted by Gasteiger charge is -2.10.